The number of aromatic nitrogens is 5. The third-order valence-corrected chi connectivity index (χ3v) is 4.17. The van der Waals surface area contributed by atoms with Gasteiger partial charge in [0.05, 0.1) is 27.9 Å². The van der Waals surface area contributed by atoms with E-state index in [4.69, 9.17) is 11.6 Å². The van der Waals surface area contributed by atoms with Crippen LogP contribution < -0.4 is 0 Å². The number of hydrogen-bond acceptors (Lipinski definition) is 3. The highest BCUT2D eigenvalue weighted by atomic mass is 79.9. The van der Waals surface area contributed by atoms with Crippen LogP contribution in [0.3, 0.4) is 0 Å². The number of imidazole rings is 1. The summed E-state index contributed by atoms with van der Waals surface area (Å²) in [5, 5.41) is 8.01. The van der Waals surface area contributed by atoms with Gasteiger partial charge in [-0.25, -0.2) is 9.37 Å². The molecular formula is C13H12BrClFN5. The molecule has 0 saturated heterocycles. The summed E-state index contributed by atoms with van der Waals surface area (Å²) in [5.74, 6) is 1.37. The van der Waals surface area contributed by atoms with Gasteiger partial charge in [-0.05, 0) is 28.9 Å². The molecule has 0 aliphatic carbocycles. The Bertz CT molecular complexity index is 797. The second-order valence-electron chi connectivity index (χ2n) is 4.54. The zero-order valence-corrected chi connectivity index (χ0v) is 13.6. The first-order valence-electron chi connectivity index (χ1n) is 6.40. The van der Waals surface area contributed by atoms with Crippen molar-refractivity contribution in [2.75, 3.05) is 0 Å². The van der Waals surface area contributed by atoms with Gasteiger partial charge in [-0.2, -0.15) is 0 Å². The van der Waals surface area contributed by atoms with Crippen molar-refractivity contribution in [3.05, 3.63) is 40.4 Å². The van der Waals surface area contributed by atoms with Crippen LogP contribution in [0.25, 0.3) is 11.0 Å². The molecule has 0 unspecified atom stereocenters. The van der Waals surface area contributed by atoms with Crippen LogP contribution in [0, 0.1) is 5.82 Å². The molecule has 0 aliphatic rings. The predicted octanol–water partition coefficient (Wildman–Crippen LogP) is 3.34. The first-order chi connectivity index (χ1) is 10.1. The Morgan fingerprint density at radius 1 is 1.33 bits per heavy atom. The van der Waals surface area contributed by atoms with Crippen molar-refractivity contribution in [3.8, 4) is 0 Å². The van der Waals surface area contributed by atoms with Gasteiger partial charge < -0.3 is 9.13 Å². The normalized spacial score (nSPS) is 11.4. The van der Waals surface area contributed by atoms with E-state index >= 15 is 0 Å². The molecule has 2 aromatic heterocycles. The van der Waals surface area contributed by atoms with Gasteiger partial charge in [-0.1, -0.05) is 0 Å². The molecular weight excluding hydrogens is 361 g/mol. The van der Waals surface area contributed by atoms with Crippen LogP contribution in [0.5, 0.6) is 0 Å². The second kappa shape index (κ2) is 5.73. The van der Waals surface area contributed by atoms with Crippen LogP contribution in [0.15, 0.2) is 22.9 Å². The zero-order chi connectivity index (χ0) is 15.0. The maximum absolute atomic E-state index is 13.8. The molecule has 8 heteroatoms. The summed E-state index contributed by atoms with van der Waals surface area (Å²) in [6.07, 6.45) is 1.67. The van der Waals surface area contributed by atoms with Crippen molar-refractivity contribution < 1.29 is 4.39 Å². The largest absolute Gasteiger partial charge is 0.319 e. The molecule has 0 N–H and O–H groups in total. The highest BCUT2D eigenvalue weighted by molar-refractivity contribution is 9.10. The fourth-order valence-corrected chi connectivity index (χ4v) is 2.79. The molecule has 3 rings (SSSR count). The van der Waals surface area contributed by atoms with Crippen LogP contribution in [-0.2, 0) is 19.0 Å². The minimum absolute atomic E-state index is 0.244. The van der Waals surface area contributed by atoms with Crippen LogP contribution in [0.4, 0.5) is 4.39 Å². The number of alkyl halides is 1. The lowest BCUT2D eigenvalue weighted by molar-refractivity contribution is 0.619. The number of rotatable bonds is 4. The van der Waals surface area contributed by atoms with Crippen LogP contribution >= 0.6 is 27.5 Å². The van der Waals surface area contributed by atoms with Gasteiger partial charge in [0.2, 0.25) is 0 Å². The molecule has 3 aromatic rings. The fraction of sp³-hybridized carbons (Fsp3) is 0.308. The van der Waals surface area contributed by atoms with Gasteiger partial charge in [0.25, 0.3) is 0 Å². The lowest BCUT2D eigenvalue weighted by atomic mass is 10.3. The third-order valence-electron chi connectivity index (χ3n) is 3.32. The van der Waals surface area contributed by atoms with E-state index in [2.05, 4.69) is 31.1 Å². The van der Waals surface area contributed by atoms with Crippen molar-refractivity contribution in [2.24, 2.45) is 0 Å². The van der Waals surface area contributed by atoms with Gasteiger partial charge in [0, 0.05) is 12.6 Å². The monoisotopic (exact) mass is 371 g/mol. The van der Waals surface area contributed by atoms with Gasteiger partial charge >= 0.3 is 0 Å². The third kappa shape index (κ3) is 2.55. The van der Waals surface area contributed by atoms with Crippen molar-refractivity contribution >= 4 is 38.6 Å². The van der Waals surface area contributed by atoms with E-state index in [1.54, 1.807) is 12.4 Å². The Morgan fingerprint density at radius 2 is 2.14 bits per heavy atom. The molecule has 0 fully saturated rings. The van der Waals surface area contributed by atoms with E-state index in [0.717, 1.165) is 12.4 Å². The Balaban J connectivity index is 2.14. The lowest BCUT2D eigenvalue weighted by Gasteiger charge is -2.08. The van der Waals surface area contributed by atoms with Crippen molar-refractivity contribution in [2.45, 2.75) is 25.9 Å². The number of nitrogens with zero attached hydrogens (tertiary/aromatic N) is 5. The van der Waals surface area contributed by atoms with Crippen molar-refractivity contribution in [1.29, 1.82) is 0 Å². The van der Waals surface area contributed by atoms with Crippen molar-refractivity contribution in [1.82, 2.24) is 24.3 Å². The molecule has 2 heterocycles. The maximum atomic E-state index is 13.8. The molecule has 0 aliphatic heterocycles. The van der Waals surface area contributed by atoms with E-state index < -0.39 is 0 Å². The molecule has 0 spiro atoms. The first kappa shape index (κ1) is 14.5. The Hall–Kier alpha value is -1.47. The highest BCUT2D eigenvalue weighted by Gasteiger charge is 2.15. The number of fused-ring (bicyclic) bond motifs is 1. The van der Waals surface area contributed by atoms with Gasteiger partial charge in [0.1, 0.15) is 18.0 Å². The smallest absolute Gasteiger partial charge is 0.152 e. The summed E-state index contributed by atoms with van der Waals surface area (Å²) >= 11 is 9.14. The Labute approximate surface area is 133 Å². The van der Waals surface area contributed by atoms with Crippen molar-refractivity contribution in [3.63, 3.8) is 0 Å². The van der Waals surface area contributed by atoms with E-state index in [1.807, 2.05) is 16.1 Å². The molecule has 5 nitrogen and oxygen atoms in total. The highest BCUT2D eigenvalue weighted by Crippen LogP contribution is 2.25. The average molecular weight is 373 g/mol. The van der Waals surface area contributed by atoms with Gasteiger partial charge in [0.15, 0.2) is 5.82 Å². The molecule has 110 valence electrons. The van der Waals surface area contributed by atoms with Crippen LogP contribution in [0.1, 0.15) is 18.6 Å². The number of aryl methyl sites for hydroxylation is 1. The van der Waals surface area contributed by atoms with Crippen LogP contribution in [0.2, 0.25) is 0 Å². The van der Waals surface area contributed by atoms with Gasteiger partial charge in [-0.15, -0.1) is 21.8 Å². The Morgan fingerprint density at radius 3 is 2.86 bits per heavy atom. The quantitative estimate of drug-likeness (QED) is 0.660. The van der Waals surface area contributed by atoms with Crippen LogP contribution in [-0.4, -0.2) is 24.3 Å². The summed E-state index contributed by atoms with van der Waals surface area (Å²) in [4.78, 5) is 4.45. The predicted molar refractivity (Wildman–Crippen MR) is 81.7 cm³/mol. The lowest BCUT2D eigenvalue weighted by Crippen LogP contribution is -2.10. The van der Waals surface area contributed by atoms with Gasteiger partial charge in [-0.3, -0.25) is 0 Å². The van der Waals surface area contributed by atoms with E-state index in [-0.39, 0.29) is 11.7 Å². The minimum atomic E-state index is -0.332. The number of hydrogen-bond donors (Lipinski definition) is 0. The average Bonchev–Trinajstić information content (AvgIpc) is 3.05. The molecule has 0 atom stereocenters. The number of benzene rings is 1. The van der Waals surface area contributed by atoms with E-state index in [1.165, 1.54) is 6.07 Å². The molecule has 0 bridgehead atoms. The molecule has 1 aromatic carbocycles. The topological polar surface area (TPSA) is 48.5 Å². The summed E-state index contributed by atoms with van der Waals surface area (Å²) in [5.41, 5.74) is 1.39. The van der Waals surface area contributed by atoms with E-state index in [9.17, 15) is 4.39 Å². The minimum Gasteiger partial charge on any atom is -0.319 e. The Kier molecular flexibility index (Phi) is 3.95. The summed E-state index contributed by atoms with van der Waals surface area (Å²) in [6.45, 7) is 3.23. The maximum Gasteiger partial charge on any atom is 0.152 e. The number of halogens is 3. The standard InChI is InChI=1S/C13H12BrClFN5/c1-2-20-7-17-19-13(20)6-21-11-4-9(16)8(14)3-10(11)18-12(21)5-15/h3-4,7H,2,5-6H2,1H3. The molecule has 0 saturated carbocycles. The first-order valence-corrected chi connectivity index (χ1v) is 7.73. The summed E-state index contributed by atoms with van der Waals surface area (Å²) in [7, 11) is 0. The fourth-order valence-electron chi connectivity index (χ4n) is 2.26. The SMILES string of the molecule is CCn1cnnc1Cn1c(CCl)nc2cc(Br)c(F)cc21. The van der Waals surface area contributed by atoms with E-state index in [0.29, 0.717) is 27.9 Å². The zero-order valence-electron chi connectivity index (χ0n) is 11.2. The summed E-state index contributed by atoms with van der Waals surface area (Å²) < 4.78 is 18.0. The molecule has 0 radical (unpaired) electrons. The molecule has 0 amide bonds. The second-order valence-corrected chi connectivity index (χ2v) is 5.66. The summed E-state index contributed by atoms with van der Waals surface area (Å²) in [6, 6.07) is 3.11. The molecule has 21 heavy (non-hydrogen) atoms.